The summed E-state index contributed by atoms with van der Waals surface area (Å²) in [4.78, 5) is 3.56. The second kappa shape index (κ2) is 6.54. The quantitative estimate of drug-likeness (QED) is 0.645. The summed E-state index contributed by atoms with van der Waals surface area (Å²) in [5.74, 6) is 0.312. The number of fused-ring (bicyclic) bond motifs is 1. The van der Waals surface area contributed by atoms with Crippen molar-refractivity contribution in [2.24, 2.45) is 0 Å². The smallest absolute Gasteiger partial charge is 0.446 e. The van der Waals surface area contributed by atoms with Gasteiger partial charge >= 0.3 is 5.51 Å². The lowest BCUT2D eigenvalue weighted by Crippen LogP contribution is -2.08. The lowest BCUT2D eigenvalue weighted by atomic mass is 10.1. The van der Waals surface area contributed by atoms with E-state index in [-0.39, 0.29) is 39.5 Å². The van der Waals surface area contributed by atoms with Gasteiger partial charge in [-0.1, -0.05) is 0 Å². The van der Waals surface area contributed by atoms with Crippen LogP contribution in [-0.2, 0) is 6.42 Å². The minimum Gasteiger partial charge on any atom is -0.455 e. The van der Waals surface area contributed by atoms with Crippen molar-refractivity contribution in [2.75, 3.05) is 0 Å². The molecule has 3 rings (SSSR count). The van der Waals surface area contributed by atoms with Crippen LogP contribution in [0.3, 0.4) is 0 Å². The van der Waals surface area contributed by atoms with Crippen LogP contribution >= 0.6 is 11.8 Å². The second-order valence-electron chi connectivity index (χ2n) is 5.29. The van der Waals surface area contributed by atoms with E-state index in [0.29, 0.717) is 0 Å². The number of hydrogen-bond donors (Lipinski definition) is 1. The van der Waals surface area contributed by atoms with E-state index in [2.05, 4.69) is 4.98 Å². The number of alkyl halides is 4. The molecule has 1 heterocycles. The zero-order valence-electron chi connectivity index (χ0n) is 12.4. The zero-order valence-corrected chi connectivity index (χ0v) is 13.2. The van der Waals surface area contributed by atoms with Crippen LogP contribution in [0.4, 0.5) is 17.6 Å². The Morgan fingerprint density at radius 1 is 1.32 bits per heavy atom. The third kappa shape index (κ3) is 3.70. The van der Waals surface area contributed by atoms with Crippen molar-refractivity contribution >= 4 is 11.8 Å². The fraction of sp³-hybridized carbons (Fsp3) is 0.250. The van der Waals surface area contributed by atoms with Crippen LogP contribution in [0.15, 0.2) is 35.5 Å². The lowest BCUT2D eigenvalue weighted by Gasteiger charge is -2.16. The number of rotatable bonds is 3. The van der Waals surface area contributed by atoms with Crippen molar-refractivity contribution < 1.29 is 27.4 Å². The van der Waals surface area contributed by atoms with E-state index in [1.54, 1.807) is 0 Å². The molecule has 4 nitrogen and oxygen atoms in total. The van der Waals surface area contributed by atoms with E-state index < -0.39 is 29.5 Å². The predicted molar refractivity (Wildman–Crippen MR) is 80.9 cm³/mol. The first-order valence-electron chi connectivity index (χ1n) is 7.05. The number of aliphatic hydroxyl groups is 1. The monoisotopic (exact) mass is 370 g/mol. The normalized spacial score (nSPS) is 19.4. The molecule has 1 aromatic carbocycles. The number of pyridine rings is 1. The van der Waals surface area contributed by atoms with Crippen LogP contribution in [0.25, 0.3) is 0 Å². The third-order valence-electron chi connectivity index (χ3n) is 3.61. The van der Waals surface area contributed by atoms with Gasteiger partial charge < -0.3 is 9.84 Å². The first kappa shape index (κ1) is 17.5. The van der Waals surface area contributed by atoms with Crippen LogP contribution in [0.5, 0.6) is 11.5 Å². The van der Waals surface area contributed by atoms with Crippen molar-refractivity contribution in [1.82, 2.24) is 4.98 Å². The van der Waals surface area contributed by atoms with Gasteiger partial charge in [0.15, 0.2) is 0 Å². The average Bonchev–Trinajstić information content (AvgIpc) is 2.85. The summed E-state index contributed by atoms with van der Waals surface area (Å²) in [6.45, 7) is 0. The summed E-state index contributed by atoms with van der Waals surface area (Å²) >= 11 is -0.405. The average molecular weight is 370 g/mol. The molecular formula is C16H10F4N2O2S. The lowest BCUT2D eigenvalue weighted by molar-refractivity contribution is -0.0329. The molecule has 0 amide bonds. The summed E-state index contributed by atoms with van der Waals surface area (Å²) in [7, 11) is 0. The largest absolute Gasteiger partial charge is 0.455 e. The molecule has 2 atom stereocenters. The highest BCUT2D eigenvalue weighted by atomic mass is 32.2. The molecule has 2 unspecified atom stereocenters. The van der Waals surface area contributed by atoms with Gasteiger partial charge in [-0.05, 0) is 23.9 Å². The number of thioether (sulfide) groups is 1. The van der Waals surface area contributed by atoms with Gasteiger partial charge in [0.05, 0.1) is 11.8 Å². The Bertz CT molecular complexity index is 851. The molecule has 25 heavy (non-hydrogen) atoms. The molecule has 0 saturated carbocycles. The Morgan fingerprint density at radius 3 is 2.76 bits per heavy atom. The number of ether oxygens (including phenoxy) is 1. The van der Waals surface area contributed by atoms with Crippen LogP contribution < -0.4 is 4.74 Å². The third-order valence-corrected chi connectivity index (χ3v) is 4.41. The fourth-order valence-corrected chi connectivity index (χ4v) is 3.36. The van der Waals surface area contributed by atoms with Gasteiger partial charge in [0.1, 0.15) is 29.8 Å². The van der Waals surface area contributed by atoms with Gasteiger partial charge in [-0.2, -0.15) is 18.4 Å². The summed E-state index contributed by atoms with van der Waals surface area (Å²) in [6.07, 6.45) is -0.974. The number of hydrogen-bond acceptors (Lipinski definition) is 5. The number of aromatic nitrogens is 1. The maximum Gasteiger partial charge on any atom is 0.446 e. The molecule has 1 N–H and O–H groups in total. The molecule has 1 aromatic heterocycles. The zero-order chi connectivity index (χ0) is 18.2. The Morgan fingerprint density at radius 2 is 2.08 bits per heavy atom. The van der Waals surface area contributed by atoms with E-state index in [0.717, 1.165) is 6.07 Å². The van der Waals surface area contributed by atoms with E-state index in [4.69, 9.17) is 10.00 Å². The second-order valence-corrected chi connectivity index (χ2v) is 6.40. The molecule has 1 aliphatic carbocycles. The summed E-state index contributed by atoms with van der Waals surface area (Å²) in [5.41, 5.74) is -4.26. The molecule has 2 aromatic rings. The fourth-order valence-electron chi connectivity index (χ4n) is 2.62. The van der Waals surface area contributed by atoms with Crippen molar-refractivity contribution in [3.63, 3.8) is 0 Å². The molecule has 9 heteroatoms. The number of aliphatic hydroxyl groups excluding tert-OH is 1. The van der Waals surface area contributed by atoms with Gasteiger partial charge in [0.25, 0.3) is 0 Å². The number of nitrogens with zero attached hydrogens (tertiary/aromatic N) is 2. The van der Waals surface area contributed by atoms with Crippen LogP contribution in [0.2, 0.25) is 0 Å². The summed E-state index contributed by atoms with van der Waals surface area (Å²) in [5, 5.41) is 18.8. The maximum atomic E-state index is 13.9. The Labute approximate surface area is 144 Å². The molecule has 0 radical (unpaired) electrons. The highest BCUT2D eigenvalue weighted by Gasteiger charge is 2.39. The summed E-state index contributed by atoms with van der Waals surface area (Å²) in [6, 6.07) is 5.70. The Balaban J connectivity index is 2.01. The Hall–Kier alpha value is -2.31. The van der Waals surface area contributed by atoms with E-state index in [1.807, 2.05) is 6.07 Å². The molecule has 0 saturated heterocycles. The van der Waals surface area contributed by atoms with Crippen molar-refractivity contribution in [3.05, 3.63) is 47.3 Å². The predicted octanol–water partition coefficient (Wildman–Crippen LogP) is 4.29. The van der Waals surface area contributed by atoms with E-state index in [1.165, 1.54) is 24.5 Å². The van der Waals surface area contributed by atoms with E-state index >= 15 is 0 Å². The van der Waals surface area contributed by atoms with Crippen molar-refractivity contribution in [3.8, 4) is 17.6 Å². The van der Waals surface area contributed by atoms with Crippen LogP contribution in [0, 0.1) is 11.3 Å². The highest BCUT2D eigenvalue weighted by molar-refractivity contribution is 8.00. The van der Waals surface area contributed by atoms with E-state index in [9.17, 15) is 22.7 Å². The molecular weight excluding hydrogens is 360 g/mol. The minimum atomic E-state index is -4.56. The van der Waals surface area contributed by atoms with Gasteiger partial charge in [-0.3, -0.25) is 4.98 Å². The molecule has 130 valence electrons. The molecule has 0 bridgehead atoms. The van der Waals surface area contributed by atoms with Crippen molar-refractivity contribution in [2.45, 2.75) is 29.1 Å². The number of benzene rings is 1. The van der Waals surface area contributed by atoms with Crippen molar-refractivity contribution in [1.29, 1.82) is 5.26 Å². The van der Waals surface area contributed by atoms with Gasteiger partial charge in [0.2, 0.25) is 0 Å². The van der Waals surface area contributed by atoms with Gasteiger partial charge in [0, 0.05) is 34.7 Å². The minimum absolute atomic E-state index is 0.114. The molecule has 0 aliphatic heterocycles. The molecule has 0 spiro atoms. The topological polar surface area (TPSA) is 66.1 Å². The first-order valence-corrected chi connectivity index (χ1v) is 7.87. The van der Waals surface area contributed by atoms with Crippen LogP contribution in [0.1, 0.15) is 22.8 Å². The number of nitriles is 1. The molecule has 1 aliphatic rings. The SMILES string of the molecule is N#Cc1cncc(Oc2ccc(SC(F)(F)F)c3c2CC(F)C3O)c1. The van der Waals surface area contributed by atoms with Gasteiger partial charge in [-0.25, -0.2) is 4.39 Å². The maximum absolute atomic E-state index is 13.9. The Kier molecular flexibility index (Phi) is 4.58. The van der Waals surface area contributed by atoms with Gasteiger partial charge in [-0.15, -0.1) is 0 Å². The first-order chi connectivity index (χ1) is 11.8. The highest BCUT2D eigenvalue weighted by Crippen LogP contribution is 2.48. The molecule has 0 fully saturated rings. The summed E-state index contributed by atoms with van der Waals surface area (Å²) < 4.78 is 57.5. The standard InChI is InChI=1S/C16H10F4N2O2S/c17-11-4-10-12(24-9-3-8(5-21)6-22-7-9)1-2-13(14(10)15(11)23)25-16(18,19)20/h1-3,6-7,11,15,23H,4H2. The number of halogens is 4. The van der Waals surface area contributed by atoms with Crippen LogP contribution in [-0.4, -0.2) is 21.8 Å².